The van der Waals surface area contributed by atoms with Gasteiger partial charge in [-0.3, -0.25) is 4.79 Å². The van der Waals surface area contributed by atoms with Crippen molar-refractivity contribution in [2.75, 3.05) is 0 Å². The Labute approximate surface area is 82.6 Å². The quantitative estimate of drug-likeness (QED) is 0.718. The number of hydrogen-bond acceptors (Lipinski definition) is 4. The van der Waals surface area contributed by atoms with E-state index in [1.165, 1.54) is 0 Å². The number of hydrogen-bond donors (Lipinski definition) is 0. The fourth-order valence-corrected chi connectivity index (χ4v) is 1.94. The van der Waals surface area contributed by atoms with Crippen LogP contribution in [0, 0.1) is 12.8 Å². The van der Waals surface area contributed by atoms with Crippen LogP contribution in [0.1, 0.15) is 37.1 Å². The summed E-state index contributed by atoms with van der Waals surface area (Å²) in [7, 11) is 0. The van der Waals surface area contributed by atoms with E-state index in [1.807, 2.05) is 6.92 Å². The first kappa shape index (κ1) is 9.37. The topological polar surface area (TPSA) is 56.0 Å². The zero-order valence-electron chi connectivity index (χ0n) is 8.32. The van der Waals surface area contributed by atoms with Crippen LogP contribution in [0.25, 0.3) is 0 Å². The van der Waals surface area contributed by atoms with Crippen molar-refractivity contribution in [3.63, 3.8) is 0 Å². The minimum absolute atomic E-state index is 0.148. The van der Waals surface area contributed by atoms with Gasteiger partial charge in [0.1, 0.15) is 17.2 Å². The lowest BCUT2D eigenvalue weighted by Gasteiger charge is -2.18. The Hall–Kier alpha value is -1.19. The Balaban J connectivity index is 2.03. The van der Waals surface area contributed by atoms with Gasteiger partial charge in [0.25, 0.3) is 0 Å². The van der Waals surface area contributed by atoms with Gasteiger partial charge in [-0.05, 0) is 19.8 Å². The first-order valence-corrected chi connectivity index (χ1v) is 5.08. The number of carbonyl (C=O) groups is 1. The largest absolute Gasteiger partial charge is 0.299 e. The van der Waals surface area contributed by atoms with E-state index in [2.05, 4.69) is 14.9 Å². The maximum atomic E-state index is 11.6. The van der Waals surface area contributed by atoms with Crippen molar-refractivity contribution in [1.82, 2.24) is 10.3 Å². The summed E-state index contributed by atoms with van der Waals surface area (Å²) in [5, 5.41) is 7.52. The fourth-order valence-electron chi connectivity index (χ4n) is 1.94. The van der Waals surface area contributed by atoms with E-state index in [1.54, 1.807) is 0 Å². The van der Waals surface area contributed by atoms with E-state index in [0.717, 1.165) is 37.1 Å². The molecule has 0 radical (unpaired) electrons. The number of aromatic nitrogens is 2. The lowest BCUT2D eigenvalue weighted by molar-refractivity contribution is -0.124. The zero-order chi connectivity index (χ0) is 9.97. The standard InChI is InChI=1S/C10H14N2O2/c1-7-9(12-14-11-7)6-8-4-2-3-5-10(8)13/h8H,2-6H2,1H3. The highest BCUT2D eigenvalue weighted by Gasteiger charge is 2.24. The van der Waals surface area contributed by atoms with Crippen LogP contribution in [-0.2, 0) is 11.2 Å². The molecule has 1 saturated carbocycles. The smallest absolute Gasteiger partial charge is 0.136 e. The highest BCUT2D eigenvalue weighted by atomic mass is 16.6. The molecule has 4 nitrogen and oxygen atoms in total. The molecule has 2 rings (SSSR count). The molecule has 0 spiro atoms. The number of Topliss-reactive ketones (excluding diaryl/α,β-unsaturated/α-hetero) is 1. The van der Waals surface area contributed by atoms with E-state index in [9.17, 15) is 4.79 Å². The molecule has 0 bridgehead atoms. The summed E-state index contributed by atoms with van der Waals surface area (Å²) in [5.41, 5.74) is 1.65. The van der Waals surface area contributed by atoms with Gasteiger partial charge in [-0.1, -0.05) is 16.7 Å². The predicted molar refractivity (Wildman–Crippen MR) is 49.7 cm³/mol. The van der Waals surface area contributed by atoms with Crippen LogP contribution in [0.4, 0.5) is 0 Å². The Kier molecular flexibility index (Phi) is 2.61. The number of ketones is 1. The normalized spacial score (nSPS) is 22.6. The minimum atomic E-state index is 0.148. The van der Waals surface area contributed by atoms with E-state index >= 15 is 0 Å². The molecule has 1 aliphatic carbocycles. The SMILES string of the molecule is Cc1nonc1CC1CCCCC1=O. The number of aryl methyl sites for hydroxylation is 1. The molecule has 0 N–H and O–H groups in total. The van der Waals surface area contributed by atoms with Crippen molar-refractivity contribution in [2.45, 2.75) is 39.0 Å². The van der Waals surface area contributed by atoms with Crippen molar-refractivity contribution < 1.29 is 9.42 Å². The summed E-state index contributed by atoms with van der Waals surface area (Å²) >= 11 is 0. The summed E-state index contributed by atoms with van der Waals surface area (Å²) in [6.45, 7) is 1.86. The van der Waals surface area contributed by atoms with Gasteiger partial charge in [0.15, 0.2) is 0 Å². The van der Waals surface area contributed by atoms with Crippen LogP contribution in [0.3, 0.4) is 0 Å². The van der Waals surface area contributed by atoms with Crippen LogP contribution in [0.15, 0.2) is 4.63 Å². The molecule has 1 unspecified atom stereocenters. The molecule has 0 saturated heterocycles. The van der Waals surface area contributed by atoms with Crippen molar-refractivity contribution in [2.24, 2.45) is 5.92 Å². The van der Waals surface area contributed by atoms with Gasteiger partial charge in [0.2, 0.25) is 0 Å². The summed E-state index contributed by atoms with van der Waals surface area (Å²) in [5.74, 6) is 0.521. The second-order valence-electron chi connectivity index (χ2n) is 3.91. The second-order valence-corrected chi connectivity index (χ2v) is 3.91. The first-order valence-electron chi connectivity index (χ1n) is 5.08. The molecule has 0 aliphatic heterocycles. The molecule has 1 fully saturated rings. The van der Waals surface area contributed by atoms with Crippen LogP contribution < -0.4 is 0 Å². The fraction of sp³-hybridized carbons (Fsp3) is 0.700. The number of carbonyl (C=O) groups excluding carboxylic acids is 1. The van der Waals surface area contributed by atoms with Crippen LogP contribution >= 0.6 is 0 Å². The van der Waals surface area contributed by atoms with Gasteiger partial charge in [0, 0.05) is 18.8 Å². The third kappa shape index (κ3) is 1.84. The molecule has 1 atom stereocenters. The number of rotatable bonds is 2. The highest BCUT2D eigenvalue weighted by molar-refractivity contribution is 5.81. The molecule has 1 heterocycles. The lowest BCUT2D eigenvalue weighted by Crippen LogP contribution is -2.21. The molecule has 1 aromatic rings. The summed E-state index contributed by atoms with van der Waals surface area (Å²) in [6.07, 6.45) is 4.63. The third-order valence-electron chi connectivity index (χ3n) is 2.87. The summed E-state index contributed by atoms with van der Waals surface area (Å²) in [6, 6.07) is 0. The number of nitrogens with zero attached hydrogens (tertiary/aromatic N) is 2. The monoisotopic (exact) mass is 194 g/mol. The highest BCUT2D eigenvalue weighted by Crippen LogP contribution is 2.24. The Morgan fingerprint density at radius 2 is 2.29 bits per heavy atom. The second kappa shape index (κ2) is 3.90. The molecular weight excluding hydrogens is 180 g/mol. The maximum Gasteiger partial charge on any atom is 0.136 e. The average Bonchev–Trinajstić information content (AvgIpc) is 2.56. The van der Waals surface area contributed by atoms with Crippen molar-refractivity contribution in [3.8, 4) is 0 Å². The van der Waals surface area contributed by atoms with Crippen molar-refractivity contribution in [1.29, 1.82) is 0 Å². The molecular formula is C10H14N2O2. The Bertz CT molecular complexity index is 333. The third-order valence-corrected chi connectivity index (χ3v) is 2.87. The minimum Gasteiger partial charge on any atom is -0.299 e. The Morgan fingerprint density at radius 3 is 2.93 bits per heavy atom. The summed E-state index contributed by atoms with van der Waals surface area (Å²) < 4.78 is 4.61. The van der Waals surface area contributed by atoms with E-state index in [4.69, 9.17) is 0 Å². The Morgan fingerprint density at radius 1 is 1.43 bits per heavy atom. The van der Waals surface area contributed by atoms with Crippen molar-refractivity contribution in [3.05, 3.63) is 11.4 Å². The maximum absolute atomic E-state index is 11.6. The van der Waals surface area contributed by atoms with Gasteiger partial charge >= 0.3 is 0 Å². The van der Waals surface area contributed by atoms with Crippen LogP contribution in [-0.4, -0.2) is 16.1 Å². The molecule has 14 heavy (non-hydrogen) atoms. The molecule has 0 aromatic carbocycles. The molecule has 76 valence electrons. The van der Waals surface area contributed by atoms with Gasteiger partial charge in [-0.2, -0.15) is 0 Å². The molecule has 1 aliphatic rings. The molecule has 0 amide bonds. The van der Waals surface area contributed by atoms with Gasteiger partial charge in [-0.15, -0.1) is 0 Å². The summed E-state index contributed by atoms with van der Waals surface area (Å²) in [4.78, 5) is 11.6. The molecule has 4 heteroatoms. The van der Waals surface area contributed by atoms with E-state index < -0.39 is 0 Å². The van der Waals surface area contributed by atoms with Gasteiger partial charge in [-0.25, -0.2) is 4.63 Å². The average molecular weight is 194 g/mol. The first-order chi connectivity index (χ1) is 6.77. The predicted octanol–water partition coefficient (Wildman–Crippen LogP) is 1.68. The van der Waals surface area contributed by atoms with Gasteiger partial charge < -0.3 is 0 Å². The lowest BCUT2D eigenvalue weighted by atomic mass is 9.85. The van der Waals surface area contributed by atoms with Crippen LogP contribution in [0.5, 0.6) is 0 Å². The zero-order valence-corrected chi connectivity index (χ0v) is 8.32. The molecule has 1 aromatic heterocycles. The van der Waals surface area contributed by atoms with E-state index in [-0.39, 0.29) is 5.92 Å². The van der Waals surface area contributed by atoms with Crippen LogP contribution in [0.2, 0.25) is 0 Å². The van der Waals surface area contributed by atoms with Crippen molar-refractivity contribution >= 4 is 5.78 Å². The van der Waals surface area contributed by atoms with E-state index in [0.29, 0.717) is 12.2 Å². The van der Waals surface area contributed by atoms with Gasteiger partial charge in [0.05, 0.1) is 0 Å².